The smallest absolute Gasteiger partial charge is 0.0254 e. The van der Waals surface area contributed by atoms with Gasteiger partial charge in [-0.15, -0.1) is 0 Å². The van der Waals surface area contributed by atoms with E-state index < -0.39 is 0 Å². The molecule has 0 aromatic heterocycles. The van der Waals surface area contributed by atoms with Crippen LogP contribution < -0.4 is 0 Å². The van der Waals surface area contributed by atoms with Gasteiger partial charge < -0.3 is 0 Å². The highest BCUT2D eigenvalue weighted by atomic mass is 13.9. The van der Waals surface area contributed by atoms with Crippen LogP contribution in [0, 0.1) is 6.92 Å². The van der Waals surface area contributed by atoms with E-state index in [1.807, 2.05) is 19.1 Å². The van der Waals surface area contributed by atoms with Crippen molar-refractivity contribution in [2.24, 2.45) is 0 Å². The van der Waals surface area contributed by atoms with Gasteiger partial charge in [-0.1, -0.05) is 66.3 Å². The molecule has 0 bridgehead atoms. The fraction of sp³-hybridized carbons (Fsp3) is 0.143. The monoisotopic (exact) mass is 184 g/mol. The lowest BCUT2D eigenvalue weighted by atomic mass is 10.1. The van der Waals surface area contributed by atoms with E-state index in [0.29, 0.717) is 0 Å². The third-order valence-electron chi connectivity index (χ3n) is 2.01. The Morgan fingerprint density at radius 1 is 1.36 bits per heavy atom. The lowest BCUT2D eigenvalue weighted by Gasteiger charge is -1.94. The Morgan fingerprint density at radius 2 is 2.14 bits per heavy atom. The summed E-state index contributed by atoms with van der Waals surface area (Å²) in [7, 11) is 0. The molecule has 0 amide bonds. The molecule has 0 unspecified atom stereocenters. The number of allylic oxidation sites excluding steroid dienone is 4. The fourth-order valence-corrected chi connectivity index (χ4v) is 1.15. The lowest BCUT2D eigenvalue weighted by Crippen LogP contribution is -1.73. The highest BCUT2D eigenvalue weighted by molar-refractivity contribution is 5.52. The number of hydrogen-bond donors (Lipinski definition) is 0. The lowest BCUT2D eigenvalue weighted by molar-refractivity contribution is 1.46. The van der Waals surface area contributed by atoms with Crippen molar-refractivity contribution >= 4 is 6.08 Å². The van der Waals surface area contributed by atoms with Crippen LogP contribution in [0.1, 0.15) is 18.1 Å². The molecule has 0 nitrogen and oxygen atoms in total. The number of aryl methyl sites for hydroxylation is 1. The molecule has 0 fully saturated rings. The molecule has 0 atom stereocenters. The van der Waals surface area contributed by atoms with Crippen molar-refractivity contribution in [1.29, 1.82) is 0 Å². The fourth-order valence-electron chi connectivity index (χ4n) is 1.15. The molecule has 0 heteroatoms. The largest absolute Gasteiger partial charge is 0.0988 e. The minimum Gasteiger partial charge on any atom is -0.0988 e. The van der Waals surface area contributed by atoms with Crippen molar-refractivity contribution in [3.63, 3.8) is 0 Å². The summed E-state index contributed by atoms with van der Waals surface area (Å²) in [6.45, 7) is 7.83. The molecule has 0 spiro atoms. The van der Waals surface area contributed by atoms with Gasteiger partial charge in [0, 0.05) is 0 Å². The van der Waals surface area contributed by atoms with Crippen molar-refractivity contribution in [1.82, 2.24) is 0 Å². The van der Waals surface area contributed by atoms with E-state index in [1.165, 1.54) is 16.7 Å². The zero-order chi connectivity index (χ0) is 10.4. The molecule has 0 radical (unpaired) electrons. The summed E-state index contributed by atoms with van der Waals surface area (Å²) in [5, 5.41) is 0. The topological polar surface area (TPSA) is 0 Å². The first-order chi connectivity index (χ1) is 6.72. The Bertz CT molecular complexity index is 367. The molecule has 0 aliphatic rings. The maximum absolute atomic E-state index is 3.70. The second-order valence-electron chi connectivity index (χ2n) is 3.39. The van der Waals surface area contributed by atoms with Crippen molar-refractivity contribution in [3.8, 4) is 0 Å². The van der Waals surface area contributed by atoms with Crippen molar-refractivity contribution in [3.05, 3.63) is 65.8 Å². The van der Waals surface area contributed by atoms with Crippen LogP contribution in [-0.4, -0.2) is 0 Å². The molecule has 0 saturated heterocycles. The predicted molar refractivity (Wildman–Crippen MR) is 64.2 cm³/mol. The summed E-state index contributed by atoms with van der Waals surface area (Å²) in [6, 6.07) is 8.43. The van der Waals surface area contributed by atoms with Gasteiger partial charge in [-0.2, -0.15) is 0 Å². The van der Waals surface area contributed by atoms with E-state index in [1.54, 1.807) is 0 Å². The first-order valence-electron chi connectivity index (χ1n) is 4.76. The van der Waals surface area contributed by atoms with Crippen molar-refractivity contribution in [2.75, 3.05) is 0 Å². The van der Waals surface area contributed by atoms with Crippen LogP contribution in [0.25, 0.3) is 6.08 Å². The summed E-state index contributed by atoms with van der Waals surface area (Å²) < 4.78 is 0. The minimum atomic E-state index is 1.17. The summed E-state index contributed by atoms with van der Waals surface area (Å²) in [4.78, 5) is 0. The van der Waals surface area contributed by atoms with Crippen LogP contribution >= 0.6 is 0 Å². The predicted octanol–water partition coefficient (Wildman–Crippen LogP) is 4.14. The second-order valence-corrected chi connectivity index (χ2v) is 3.39. The third-order valence-corrected chi connectivity index (χ3v) is 2.01. The maximum Gasteiger partial charge on any atom is -0.0254 e. The van der Waals surface area contributed by atoms with E-state index in [9.17, 15) is 0 Å². The molecule has 0 N–H and O–H groups in total. The van der Waals surface area contributed by atoms with Crippen LogP contribution in [0.5, 0.6) is 0 Å². The number of hydrogen-bond acceptors (Lipinski definition) is 0. The summed E-state index contributed by atoms with van der Waals surface area (Å²) in [5.74, 6) is 0. The Hall–Kier alpha value is -1.56. The summed E-state index contributed by atoms with van der Waals surface area (Å²) in [5.41, 5.74) is 3.70. The van der Waals surface area contributed by atoms with Crippen LogP contribution in [0.2, 0.25) is 0 Å². The highest BCUT2D eigenvalue weighted by Gasteiger charge is 1.85. The molecule has 1 rings (SSSR count). The minimum absolute atomic E-state index is 1.17. The molecule has 0 aliphatic heterocycles. The van der Waals surface area contributed by atoms with Gasteiger partial charge in [-0.25, -0.2) is 0 Å². The number of rotatable bonds is 3. The molecular formula is C14H16. The Labute approximate surface area is 86.3 Å². The van der Waals surface area contributed by atoms with Crippen LogP contribution in [0.3, 0.4) is 0 Å². The van der Waals surface area contributed by atoms with Gasteiger partial charge in [0.2, 0.25) is 0 Å². The van der Waals surface area contributed by atoms with E-state index >= 15 is 0 Å². The van der Waals surface area contributed by atoms with Gasteiger partial charge in [0.25, 0.3) is 0 Å². The van der Waals surface area contributed by atoms with Crippen molar-refractivity contribution < 1.29 is 0 Å². The average molecular weight is 184 g/mol. The number of benzene rings is 1. The van der Waals surface area contributed by atoms with Crippen LogP contribution in [0.4, 0.5) is 0 Å². The van der Waals surface area contributed by atoms with E-state index in [2.05, 4.69) is 49.9 Å². The SMILES string of the molecule is C=C/C(C)=C\C=C/c1cccc(C)c1. The molecule has 0 heterocycles. The van der Waals surface area contributed by atoms with E-state index in [0.717, 1.165) is 0 Å². The molecule has 0 aliphatic carbocycles. The van der Waals surface area contributed by atoms with E-state index in [-0.39, 0.29) is 0 Å². The standard InChI is InChI=1S/C14H16/c1-4-12(2)7-5-9-14-10-6-8-13(3)11-14/h4-11H,1H2,2-3H3/b9-5-,12-7-. The first-order valence-corrected chi connectivity index (χ1v) is 4.76. The van der Waals surface area contributed by atoms with Gasteiger partial charge in [-0.05, 0) is 19.4 Å². The molecule has 72 valence electrons. The van der Waals surface area contributed by atoms with E-state index in [4.69, 9.17) is 0 Å². The molecule has 1 aromatic rings. The summed E-state index contributed by atoms with van der Waals surface area (Å²) >= 11 is 0. The van der Waals surface area contributed by atoms with Crippen LogP contribution in [0.15, 0.2) is 54.6 Å². The third kappa shape index (κ3) is 3.44. The average Bonchev–Trinajstić information content (AvgIpc) is 2.17. The Morgan fingerprint density at radius 3 is 2.79 bits per heavy atom. The molecule has 0 saturated carbocycles. The molecule has 1 aromatic carbocycles. The zero-order valence-corrected chi connectivity index (χ0v) is 8.83. The Balaban J connectivity index is 2.74. The van der Waals surface area contributed by atoms with Crippen LogP contribution in [-0.2, 0) is 0 Å². The van der Waals surface area contributed by atoms with Gasteiger partial charge in [0.05, 0.1) is 0 Å². The quantitative estimate of drug-likeness (QED) is 0.619. The summed E-state index contributed by atoms with van der Waals surface area (Å²) in [6.07, 6.45) is 8.04. The maximum atomic E-state index is 3.70. The molecular weight excluding hydrogens is 168 g/mol. The van der Waals surface area contributed by atoms with Gasteiger partial charge in [0.15, 0.2) is 0 Å². The molecule has 14 heavy (non-hydrogen) atoms. The highest BCUT2D eigenvalue weighted by Crippen LogP contribution is 2.06. The van der Waals surface area contributed by atoms with Gasteiger partial charge >= 0.3 is 0 Å². The first kappa shape index (κ1) is 10.5. The van der Waals surface area contributed by atoms with Gasteiger partial charge in [-0.3, -0.25) is 0 Å². The van der Waals surface area contributed by atoms with Crippen molar-refractivity contribution in [2.45, 2.75) is 13.8 Å². The normalized spacial score (nSPS) is 12.0. The Kier molecular flexibility index (Phi) is 3.93. The second kappa shape index (κ2) is 5.23. The van der Waals surface area contributed by atoms with Gasteiger partial charge in [0.1, 0.15) is 0 Å². The zero-order valence-electron chi connectivity index (χ0n) is 8.83.